The summed E-state index contributed by atoms with van der Waals surface area (Å²) in [7, 11) is 0. The fourth-order valence-corrected chi connectivity index (χ4v) is 2.86. The van der Waals surface area contributed by atoms with E-state index in [1.807, 2.05) is 37.3 Å². The zero-order valence-electron chi connectivity index (χ0n) is 8.18. The number of benzene rings is 1. The Balaban J connectivity index is 2.44. The van der Waals surface area contributed by atoms with Gasteiger partial charge in [-0.2, -0.15) is 0 Å². The number of allylic oxidation sites excluding steroid dienone is 1. The van der Waals surface area contributed by atoms with Gasteiger partial charge in [0.2, 0.25) is 0 Å². The highest BCUT2D eigenvalue weighted by atomic mass is 35.5. The lowest BCUT2D eigenvalue weighted by atomic mass is 10.2. The van der Waals surface area contributed by atoms with E-state index in [-0.39, 0.29) is 5.37 Å². The molecule has 0 saturated carbocycles. The number of hydrogen-bond donors (Lipinski definition) is 0. The molecule has 4 heteroatoms. The van der Waals surface area contributed by atoms with E-state index in [1.54, 1.807) is 11.8 Å². The van der Waals surface area contributed by atoms with Crippen LogP contribution in [-0.4, -0.2) is 16.1 Å². The van der Waals surface area contributed by atoms with E-state index in [9.17, 15) is 4.79 Å². The molecule has 2 nitrogen and oxygen atoms in total. The summed E-state index contributed by atoms with van der Waals surface area (Å²) in [6.07, 6.45) is 0.811. The minimum atomic E-state index is 0.0991. The van der Waals surface area contributed by atoms with Crippen molar-refractivity contribution >= 4 is 34.7 Å². The van der Waals surface area contributed by atoms with E-state index in [4.69, 9.17) is 11.8 Å². The third-order valence-corrected chi connectivity index (χ3v) is 4.04. The molecular formula is C11H10ClNOS. The third kappa shape index (κ3) is 1.90. The molecule has 1 aromatic rings. The van der Waals surface area contributed by atoms with Crippen LogP contribution in [0.1, 0.15) is 12.5 Å². The van der Waals surface area contributed by atoms with Gasteiger partial charge in [0, 0.05) is 16.7 Å². The summed E-state index contributed by atoms with van der Waals surface area (Å²) >= 11 is 7.60. The number of rotatable bonds is 2. The van der Waals surface area contributed by atoms with Gasteiger partial charge in [-0.3, -0.25) is 9.21 Å². The summed E-state index contributed by atoms with van der Waals surface area (Å²) in [5.41, 5.74) is 1.60. The largest absolute Gasteiger partial charge is 0.296 e. The second kappa shape index (κ2) is 4.29. The number of hydrogen-bond acceptors (Lipinski definition) is 3. The maximum Gasteiger partial charge on any atom is 0.168 e. The van der Waals surface area contributed by atoms with Gasteiger partial charge < -0.3 is 0 Å². The summed E-state index contributed by atoms with van der Waals surface area (Å²) in [5.74, 6) is 0. The van der Waals surface area contributed by atoms with Crippen LogP contribution in [0.3, 0.4) is 0 Å². The van der Waals surface area contributed by atoms with E-state index in [0.29, 0.717) is 5.70 Å². The van der Waals surface area contributed by atoms with Crippen LogP contribution in [0.25, 0.3) is 4.91 Å². The molecule has 15 heavy (non-hydrogen) atoms. The van der Waals surface area contributed by atoms with E-state index in [1.165, 1.54) is 4.42 Å². The van der Waals surface area contributed by atoms with Gasteiger partial charge in [0.25, 0.3) is 0 Å². The highest BCUT2D eigenvalue weighted by Crippen LogP contribution is 2.43. The zero-order valence-corrected chi connectivity index (χ0v) is 9.76. The molecule has 0 saturated heterocycles. The molecule has 1 aliphatic heterocycles. The van der Waals surface area contributed by atoms with Crippen LogP contribution in [0, 0.1) is 0 Å². The minimum absolute atomic E-state index is 0.0991. The standard InChI is InChI=1S/C11H10ClNOS/c1-8-13(12)10(7-14)11(15-8)9-5-3-2-4-6-9/h2-8H,1H3. The number of thioether (sulfide) groups is 1. The minimum Gasteiger partial charge on any atom is -0.296 e. The molecule has 0 amide bonds. The number of carbonyl (C=O) groups excluding carboxylic acids is 1. The van der Waals surface area contributed by atoms with Crippen LogP contribution < -0.4 is 0 Å². The highest BCUT2D eigenvalue weighted by molar-refractivity contribution is 8.09. The monoisotopic (exact) mass is 239 g/mol. The maximum atomic E-state index is 10.9. The molecule has 0 spiro atoms. The Morgan fingerprint density at radius 1 is 1.40 bits per heavy atom. The van der Waals surface area contributed by atoms with E-state index in [2.05, 4.69) is 0 Å². The Morgan fingerprint density at radius 2 is 2.07 bits per heavy atom. The van der Waals surface area contributed by atoms with Crippen LogP contribution >= 0.6 is 23.5 Å². The molecule has 0 aliphatic carbocycles. The second-order valence-corrected chi connectivity index (χ2v) is 4.92. The Bertz CT molecular complexity index is 404. The van der Waals surface area contributed by atoms with E-state index < -0.39 is 0 Å². The number of nitrogens with zero attached hydrogens (tertiary/aromatic N) is 1. The molecule has 1 aromatic carbocycles. The topological polar surface area (TPSA) is 20.3 Å². The second-order valence-electron chi connectivity index (χ2n) is 3.23. The highest BCUT2D eigenvalue weighted by Gasteiger charge is 2.28. The van der Waals surface area contributed by atoms with Crippen LogP contribution in [0.4, 0.5) is 0 Å². The van der Waals surface area contributed by atoms with Crippen molar-refractivity contribution in [3.8, 4) is 0 Å². The molecule has 0 bridgehead atoms. The first kappa shape index (κ1) is 10.6. The van der Waals surface area contributed by atoms with Crippen LogP contribution in [0.2, 0.25) is 0 Å². The Labute approximate surface area is 98.0 Å². The summed E-state index contributed by atoms with van der Waals surface area (Å²) in [4.78, 5) is 11.9. The first-order chi connectivity index (χ1) is 7.24. The fourth-order valence-electron chi connectivity index (χ4n) is 1.48. The summed E-state index contributed by atoms with van der Waals surface area (Å²) in [5, 5.41) is 0.0991. The van der Waals surface area contributed by atoms with Crippen molar-refractivity contribution in [2.45, 2.75) is 12.3 Å². The van der Waals surface area contributed by atoms with Crippen molar-refractivity contribution < 1.29 is 4.79 Å². The average Bonchev–Trinajstić information content (AvgIpc) is 2.56. The number of aldehydes is 1. The summed E-state index contributed by atoms with van der Waals surface area (Å²) in [6, 6.07) is 9.81. The summed E-state index contributed by atoms with van der Waals surface area (Å²) < 4.78 is 1.49. The lowest BCUT2D eigenvalue weighted by Crippen LogP contribution is -2.15. The SMILES string of the molecule is CC1SC(c2ccccc2)=C(C=O)N1Cl. The third-order valence-electron chi connectivity index (χ3n) is 2.22. The fraction of sp³-hybridized carbons (Fsp3) is 0.182. The first-order valence-electron chi connectivity index (χ1n) is 4.60. The lowest BCUT2D eigenvalue weighted by molar-refractivity contribution is -0.105. The molecule has 0 fully saturated rings. The smallest absolute Gasteiger partial charge is 0.168 e. The van der Waals surface area contributed by atoms with Crippen molar-refractivity contribution in [1.29, 1.82) is 0 Å². The molecule has 0 N–H and O–H groups in total. The van der Waals surface area contributed by atoms with Crippen LogP contribution in [0.15, 0.2) is 36.0 Å². The molecule has 0 aromatic heterocycles. The Morgan fingerprint density at radius 3 is 2.67 bits per heavy atom. The predicted octanol–water partition coefficient (Wildman–Crippen LogP) is 3.10. The quantitative estimate of drug-likeness (QED) is 0.584. The van der Waals surface area contributed by atoms with Crippen molar-refractivity contribution in [2.75, 3.05) is 0 Å². The Hall–Kier alpha value is -0.930. The van der Waals surface area contributed by atoms with Gasteiger partial charge in [-0.05, 0) is 12.5 Å². The molecule has 1 heterocycles. The predicted molar refractivity (Wildman–Crippen MR) is 64.2 cm³/mol. The van der Waals surface area contributed by atoms with Crippen molar-refractivity contribution in [1.82, 2.24) is 4.42 Å². The number of carbonyl (C=O) groups is 1. The maximum absolute atomic E-state index is 10.9. The van der Waals surface area contributed by atoms with Crippen LogP contribution in [0.5, 0.6) is 0 Å². The normalized spacial score (nSPS) is 20.9. The van der Waals surface area contributed by atoms with E-state index >= 15 is 0 Å². The van der Waals surface area contributed by atoms with Gasteiger partial charge in [0.15, 0.2) is 6.29 Å². The van der Waals surface area contributed by atoms with E-state index in [0.717, 1.165) is 16.8 Å². The molecule has 1 aliphatic rings. The number of halogens is 1. The van der Waals surface area contributed by atoms with Gasteiger partial charge >= 0.3 is 0 Å². The molecule has 2 rings (SSSR count). The zero-order chi connectivity index (χ0) is 10.8. The van der Waals surface area contributed by atoms with Gasteiger partial charge in [-0.25, -0.2) is 0 Å². The van der Waals surface area contributed by atoms with Crippen molar-refractivity contribution in [3.63, 3.8) is 0 Å². The molecule has 1 unspecified atom stereocenters. The van der Waals surface area contributed by atoms with Crippen molar-refractivity contribution in [2.24, 2.45) is 0 Å². The molecule has 0 radical (unpaired) electrons. The average molecular weight is 240 g/mol. The van der Waals surface area contributed by atoms with Gasteiger partial charge in [0.1, 0.15) is 5.70 Å². The molecular weight excluding hydrogens is 230 g/mol. The van der Waals surface area contributed by atoms with Gasteiger partial charge in [0.05, 0.1) is 5.37 Å². The lowest BCUT2D eigenvalue weighted by Gasteiger charge is -2.12. The van der Waals surface area contributed by atoms with Gasteiger partial charge in [-0.1, -0.05) is 42.1 Å². The molecule has 78 valence electrons. The Kier molecular flexibility index (Phi) is 3.03. The van der Waals surface area contributed by atoms with Gasteiger partial charge in [-0.15, -0.1) is 0 Å². The van der Waals surface area contributed by atoms with Crippen molar-refractivity contribution in [3.05, 3.63) is 41.6 Å². The summed E-state index contributed by atoms with van der Waals surface area (Å²) in [6.45, 7) is 1.97. The first-order valence-corrected chi connectivity index (χ1v) is 5.82. The molecule has 1 atom stereocenters. The van der Waals surface area contributed by atoms with Crippen LogP contribution in [-0.2, 0) is 4.79 Å².